The highest BCUT2D eigenvalue weighted by atomic mass is 79.9. The van der Waals surface area contributed by atoms with E-state index >= 15 is 0 Å². The Morgan fingerprint density at radius 1 is 1.16 bits per heavy atom. The van der Waals surface area contributed by atoms with Crippen molar-refractivity contribution in [2.75, 3.05) is 0 Å². The molecule has 1 aromatic carbocycles. The number of hydrogen-bond donors (Lipinski definition) is 1. The van der Waals surface area contributed by atoms with Gasteiger partial charge in [-0.25, -0.2) is 4.98 Å². The molecule has 1 aromatic heterocycles. The van der Waals surface area contributed by atoms with Crippen molar-refractivity contribution in [2.24, 2.45) is 0 Å². The lowest BCUT2D eigenvalue weighted by molar-refractivity contribution is -0.140. The lowest BCUT2D eigenvalue weighted by atomic mass is 10.3. The third kappa shape index (κ3) is 3.63. The Labute approximate surface area is 119 Å². The number of alkyl halides is 3. The van der Waals surface area contributed by atoms with Crippen LogP contribution in [0.5, 0.6) is 5.75 Å². The molecule has 1 N–H and O–H groups in total. The highest BCUT2D eigenvalue weighted by Crippen LogP contribution is 2.39. The first-order valence-corrected chi connectivity index (χ1v) is 6.67. The number of benzene rings is 1. The smallest absolute Gasteiger partial charge is 0.419 e. The first-order chi connectivity index (χ1) is 8.86. The molecule has 0 unspecified atom stereocenters. The van der Waals surface area contributed by atoms with Gasteiger partial charge in [-0.3, -0.25) is 0 Å². The minimum absolute atomic E-state index is 0.0594. The predicted octanol–water partition coefficient (Wildman–Crippen LogP) is 4.72. The maximum absolute atomic E-state index is 12.9. The van der Waals surface area contributed by atoms with Crippen molar-refractivity contribution in [2.45, 2.75) is 16.1 Å². The van der Waals surface area contributed by atoms with E-state index in [1.54, 1.807) is 0 Å². The monoisotopic (exact) mass is 349 g/mol. The maximum Gasteiger partial charge on any atom is 0.419 e. The van der Waals surface area contributed by atoms with Crippen molar-refractivity contribution in [3.05, 3.63) is 46.6 Å². The lowest BCUT2D eigenvalue weighted by Crippen LogP contribution is -2.08. The SMILES string of the molecule is Oc1ccc(Sc2ncc(Br)cc2C(F)(F)F)cc1. The third-order valence-corrected chi connectivity index (χ3v) is 3.63. The zero-order valence-electron chi connectivity index (χ0n) is 9.28. The van der Waals surface area contributed by atoms with Gasteiger partial charge in [0.05, 0.1) is 5.56 Å². The summed E-state index contributed by atoms with van der Waals surface area (Å²) >= 11 is 3.87. The molecule has 0 atom stereocenters. The minimum Gasteiger partial charge on any atom is -0.508 e. The number of halogens is 4. The standard InChI is InChI=1S/C12H7BrF3NOS/c13-7-5-10(12(14,15)16)11(17-6-7)19-9-3-1-8(18)2-4-9/h1-6,18H. The third-order valence-electron chi connectivity index (χ3n) is 2.17. The number of rotatable bonds is 2. The molecule has 7 heteroatoms. The quantitative estimate of drug-likeness (QED) is 0.851. The molecular formula is C12H7BrF3NOS. The number of phenolic OH excluding ortho intramolecular Hbond substituents is 1. The Morgan fingerprint density at radius 3 is 2.37 bits per heavy atom. The van der Waals surface area contributed by atoms with Gasteiger partial charge in [-0.1, -0.05) is 11.8 Å². The van der Waals surface area contributed by atoms with E-state index in [-0.39, 0.29) is 15.2 Å². The molecule has 0 radical (unpaired) electrons. The highest BCUT2D eigenvalue weighted by molar-refractivity contribution is 9.10. The first kappa shape index (κ1) is 14.2. The molecule has 0 bridgehead atoms. The Hall–Kier alpha value is -1.21. The van der Waals surface area contributed by atoms with Crippen molar-refractivity contribution < 1.29 is 18.3 Å². The van der Waals surface area contributed by atoms with E-state index in [0.29, 0.717) is 4.90 Å². The van der Waals surface area contributed by atoms with Gasteiger partial charge in [-0.2, -0.15) is 13.2 Å². The van der Waals surface area contributed by atoms with Crippen molar-refractivity contribution in [1.82, 2.24) is 4.98 Å². The van der Waals surface area contributed by atoms with Crippen LogP contribution >= 0.6 is 27.7 Å². The minimum atomic E-state index is -4.46. The summed E-state index contributed by atoms with van der Waals surface area (Å²) in [6.45, 7) is 0. The molecule has 0 aliphatic heterocycles. The van der Waals surface area contributed by atoms with Gasteiger partial charge in [0.1, 0.15) is 10.8 Å². The van der Waals surface area contributed by atoms with Crippen LogP contribution in [0.15, 0.2) is 50.9 Å². The second-order valence-electron chi connectivity index (χ2n) is 3.60. The molecule has 100 valence electrons. The van der Waals surface area contributed by atoms with Gasteiger partial charge in [0.25, 0.3) is 0 Å². The van der Waals surface area contributed by atoms with Gasteiger partial charge < -0.3 is 5.11 Å². The van der Waals surface area contributed by atoms with E-state index < -0.39 is 11.7 Å². The van der Waals surface area contributed by atoms with Crippen molar-refractivity contribution >= 4 is 27.7 Å². The average Bonchev–Trinajstić information content (AvgIpc) is 2.33. The molecule has 2 rings (SSSR count). The molecule has 1 heterocycles. The normalized spacial score (nSPS) is 11.6. The summed E-state index contributed by atoms with van der Waals surface area (Å²) in [6.07, 6.45) is -3.14. The summed E-state index contributed by atoms with van der Waals surface area (Å²) in [5.74, 6) is 0.0594. The summed E-state index contributed by atoms with van der Waals surface area (Å²) in [5, 5.41) is 9.01. The van der Waals surface area contributed by atoms with Crippen LogP contribution in [0, 0.1) is 0 Å². The van der Waals surface area contributed by atoms with E-state index in [0.717, 1.165) is 17.8 Å². The summed E-state index contributed by atoms with van der Waals surface area (Å²) in [5.41, 5.74) is -0.792. The van der Waals surface area contributed by atoms with Crippen LogP contribution in [0.2, 0.25) is 0 Å². The molecule has 0 fully saturated rings. The van der Waals surface area contributed by atoms with Crippen LogP contribution in [-0.4, -0.2) is 10.1 Å². The molecule has 19 heavy (non-hydrogen) atoms. The maximum atomic E-state index is 12.9. The molecule has 0 spiro atoms. The van der Waals surface area contributed by atoms with Crippen LogP contribution in [0.25, 0.3) is 0 Å². The van der Waals surface area contributed by atoms with Crippen LogP contribution < -0.4 is 0 Å². The molecule has 0 amide bonds. The number of aromatic nitrogens is 1. The van der Waals surface area contributed by atoms with Crippen LogP contribution in [0.3, 0.4) is 0 Å². The molecule has 0 aliphatic carbocycles. The zero-order chi connectivity index (χ0) is 14.0. The van der Waals surface area contributed by atoms with Gasteiger partial charge in [0.15, 0.2) is 0 Å². The van der Waals surface area contributed by atoms with Crippen molar-refractivity contribution in [3.8, 4) is 5.75 Å². The molecule has 0 saturated heterocycles. The second kappa shape index (κ2) is 5.42. The fraction of sp³-hybridized carbons (Fsp3) is 0.0833. The first-order valence-electron chi connectivity index (χ1n) is 5.06. The average molecular weight is 350 g/mol. The Balaban J connectivity index is 2.37. The summed E-state index contributed by atoms with van der Waals surface area (Å²) in [7, 11) is 0. The van der Waals surface area contributed by atoms with Crippen molar-refractivity contribution in [3.63, 3.8) is 0 Å². The van der Waals surface area contributed by atoms with E-state index in [1.807, 2.05) is 0 Å². The van der Waals surface area contributed by atoms with Crippen molar-refractivity contribution in [1.29, 1.82) is 0 Å². The van der Waals surface area contributed by atoms with Gasteiger partial charge in [0, 0.05) is 15.6 Å². The fourth-order valence-electron chi connectivity index (χ4n) is 1.34. The largest absolute Gasteiger partial charge is 0.508 e. The molecule has 2 aromatic rings. The van der Waals surface area contributed by atoms with Gasteiger partial charge in [-0.15, -0.1) is 0 Å². The van der Waals surface area contributed by atoms with Gasteiger partial charge >= 0.3 is 6.18 Å². The van der Waals surface area contributed by atoms with E-state index in [9.17, 15) is 13.2 Å². The Bertz CT molecular complexity index is 587. The van der Waals surface area contributed by atoms with Gasteiger partial charge in [-0.05, 0) is 46.3 Å². The number of nitrogens with zero attached hydrogens (tertiary/aromatic N) is 1. The predicted molar refractivity (Wildman–Crippen MR) is 69.2 cm³/mol. The molecular weight excluding hydrogens is 343 g/mol. The second-order valence-corrected chi connectivity index (χ2v) is 5.58. The zero-order valence-corrected chi connectivity index (χ0v) is 11.7. The molecule has 0 saturated carbocycles. The van der Waals surface area contributed by atoms with Crippen LogP contribution in [0.1, 0.15) is 5.56 Å². The molecule has 0 aliphatic rings. The number of pyridine rings is 1. The fourth-order valence-corrected chi connectivity index (χ4v) is 2.55. The Morgan fingerprint density at radius 2 is 1.79 bits per heavy atom. The summed E-state index contributed by atoms with van der Waals surface area (Å²) in [4.78, 5) is 4.36. The van der Waals surface area contributed by atoms with E-state index in [1.165, 1.54) is 30.5 Å². The molecule has 2 nitrogen and oxygen atoms in total. The lowest BCUT2D eigenvalue weighted by Gasteiger charge is -2.11. The number of phenols is 1. The van der Waals surface area contributed by atoms with Gasteiger partial charge in [0.2, 0.25) is 0 Å². The highest BCUT2D eigenvalue weighted by Gasteiger charge is 2.34. The topological polar surface area (TPSA) is 33.1 Å². The summed E-state index contributed by atoms with van der Waals surface area (Å²) < 4.78 is 38.9. The van der Waals surface area contributed by atoms with Crippen LogP contribution in [0.4, 0.5) is 13.2 Å². The number of hydrogen-bond acceptors (Lipinski definition) is 3. The van der Waals surface area contributed by atoms with E-state index in [4.69, 9.17) is 5.11 Å². The van der Waals surface area contributed by atoms with E-state index in [2.05, 4.69) is 20.9 Å². The Kier molecular flexibility index (Phi) is 4.05. The summed E-state index contributed by atoms with van der Waals surface area (Å²) in [6, 6.07) is 6.88. The number of aromatic hydroxyl groups is 1. The van der Waals surface area contributed by atoms with Crippen LogP contribution in [-0.2, 0) is 6.18 Å².